The van der Waals surface area contributed by atoms with Crippen molar-refractivity contribution in [3.05, 3.63) is 204 Å². The molecule has 0 N–H and O–H groups in total. The summed E-state index contributed by atoms with van der Waals surface area (Å²) in [4.78, 5) is 13.6. The highest BCUT2D eigenvalue weighted by molar-refractivity contribution is 5.90. The molecular weight excluding hydrogens is 607 g/mol. The number of nitrogens with zero attached hydrogens (tertiary/aromatic N) is 3. The van der Waals surface area contributed by atoms with Crippen LogP contribution in [0.15, 0.2) is 165 Å². The number of aryl methyl sites for hydroxylation is 2. The van der Waals surface area contributed by atoms with Gasteiger partial charge >= 0.3 is 0 Å². The maximum absolute atomic E-state index is 4.56. The summed E-state index contributed by atoms with van der Waals surface area (Å²) in [6.45, 7) is 22.9. The molecule has 0 aliphatic carbocycles. The third-order valence-corrected chi connectivity index (χ3v) is 8.59. The Bertz CT molecular complexity index is 2020. The third kappa shape index (κ3) is 9.93. The Hall–Kier alpha value is -5.67. The molecule has 3 heteroatoms. The molecule has 0 bridgehead atoms. The molecule has 5 rings (SSSR count). The van der Waals surface area contributed by atoms with Crippen LogP contribution in [-0.2, 0) is 5.41 Å². The molecule has 0 amide bonds. The Labute approximate surface area is 299 Å². The summed E-state index contributed by atoms with van der Waals surface area (Å²) in [5, 5.41) is 0. The van der Waals surface area contributed by atoms with Crippen LogP contribution in [0.4, 0.5) is 0 Å². The van der Waals surface area contributed by atoms with Gasteiger partial charge in [0.15, 0.2) is 0 Å². The van der Waals surface area contributed by atoms with Crippen LogP contribution in [0.25, 0.3) is 27.8 Å². The van der Waals surface area contributed by atoms with Crippen molar-refractivity contribution in [1.29, 1.82) is 0 Å². The predicted molar refractivity (Wildman–Crippen MR) is 216 cm³/mol. The Kier molecular flexibility index (Phi) is 13.1. The second kappa shape index (κ2) is 17.6. The molecule has 252 valence electrons. The maximum atomic E-state index is 4.56. The van der Waals surface area contributed by atoms with E-state index in [1.54, 1.807) is 6.20 Å². The van der Waals surface area contributed by atoms with Gasteiger partial charge in [-0.15, -0.1) is 0 Å². The number of aromatic nitrogens is 3. The first kappa shape index (κ1) is 37.2. The van der Waals surface area contributed by atoms with Crippen molar-refractivity contribution in [2.45, 2.75) is 53.9 Å². The summed E-state index contributed by atoms with van der Waals surface area (Å²) in [5.74, 6) is 0. The van der Waals surface area contributed by atoms with Crippen LogP contribution in [0.5, 0.6) is 0 Å². The van der Waals surface area contributed by atoms with Gasteiger partial charge in [0.05, 0.1) is 11.4 Å². The molecule has 0 atom stereocenters. The Balaban J connectivity index is 0.000000627. The summed E-state index contributed by atoms with van der Waals surface area (Å²) >= 11 is 0. The molecule has 0 aliphatic heterocycles. The van der Waals surface area contributed by atoms with E-state index in [1.165, 1.54) is 27.8 Å². The highest BCUT2D eigenvalue weighted by atomic mass is 14.7. The Morgan fingerprint density at radius 2 is 1.30 bits per heavy atom. The summed E-state index contributed by atoms with van der Waals surface area (Å²) < 4.78 is 0. The predicted octanol–water partition coefficient (Wildman–Crippen LogP) is 12.4. The molecule has 0 unspecified atom stereocenters. The van der Waals surface area contributed by atoms with E-state index in [-0.39, 0.29) is 5.41 Å². The van der Waals surface area contributed by atoms with Crippen molar-refractivity contribution < 1.29 is 0 Å². The number of pyridine rings is 3. The molecule has 3 aromatic heterocycles. The molecule has 0 saturated carbocycles. The van der Waals surface area contributed by atoms with Gasteiger partial charge in [-0.05, 0) is 127 Å². The molecule has 0 aliphatic rings. The number of rotatable bonds is 10. The van der Waals surface area contributed by atoms with Gasteiger partial charge in [0.2, 0.25) is 0 Å². The van der Waals surface area contributed by atoms with Crippen LogP contribution in [0, 0.1) is 13.8 Å². The molecule has 2 aromatic carbocycles. The van der Waals surface area contributed by atoms with Crippen molar-refractivity contribution in [3.8, 4) is 11.1 Å². The lowest BCUT2D eigenvalue weighted by Gasteiger charge is -2.29. The van der Waals surface area contributed by atoms with Crippen LogP contribution in [-0.4, -0.2) is 15.0 Å². The zero-order chi connectivity index (χ0) is 36.1. The minimum absolute atomic E-state index is 0.173. The van der Waals surface area contributed by atoms with Crippen molar-refractivity contribution in [1.82, 2.24) is 15.0 Å². The first-order chi connectivity index (χ1) is 24.0. The molecular formula is C47H49N3. The molecule has 5 aromatic rings. The Morgan fingerprint density at radius 3 is 1.90 bits per heavy atom. The minimum atomic E-state index is -0.173. The fourth-order valence-corrected chi connectivity index (χ4v) is 5.88. The van der Waals surface area contributed by atoms with Gasteiger partial charge < -0.3 is 0 Å². The summed E-state index contributed by atoms with van der Waals surface area (Å²) in [6.07, 6.45) is 17.7. The van der Waals surface area contributed by atoms with E-state index >= 15 is 0 Å². The van der Waals surface area contributed by atoms with Crippen LogP contribution >= 0.6 is 0 Å². The fraction of sp³-hybridized carbons (Fsp3) is 0.170. The average Bonchev–Trinajstić information content (AvgIpc) is 3.12. The third-order valence-electron chi connectivity index (χ3n) is 8.59. The van der Waals surface area contributed by atoms with E-state index in [0.717, 1.165) is 44.9 Å². The van der Waals surface area contributed by atoms with E-state index in [1.807, 2.05) is 93.0 Å². The van der Waals surface area contributed by atoms with E-state index in [9.17, 15) is 0 Å². The fourth-order valence-electron chi connectivity index (χ4n) is 5.88. The normalized spacial score (nSPS) is 12.1. The monoisotopic (exact) mass is 655 g/mol. The number of allylic oxidation sites excluding steroid dienone is 10. The van der Waals surface area contributed by atoms with Gasteiger partial charge in [-0.25, -0.2) is 0 Å². The average molecular weight is 656 g/mol. The summed E-state index contributed by atoms with van der Waals surface area (Å²) in [5.41, 5.74) is 14.1. The zero-order valence-corrected chi connectivity index (χ0v) is 30.6. The lowest BCUT2D eigenvalue weighted by atomic mass is 9.75. The largest absolute Gasteiger partial charge is 0.261 e. The van der Waals surface area contributed by atoms with Crippen molar-refractivity contribution in [2.75, 3.05) is 0 Å². The molecule has 3 heterocycles. The van der Waals surface area contributed by atoms with E-state index in [4.69, 9.17) is 0 Å². The molecule has 0 saturated heterocycles. The van der Waals surface area contributed by atoms with Gasteiger partial charge in [-0.2, -0.15) is 0 Å². The van der Waals surface area contributed by atoms with Gasteiger partial charge in [0.25, 0.3) is 0 Å². The second-order valence-electron chi connectivity index (χ2n) is 13.0. The standard InChI is InChI=1S/C39H37N3.C8H12/c1-27-15-16-33(26-36(27)39(5,6)35-12-11-23-40-30(35)4)31-17-19-32(20-18-31)34(24-28(2)37-13-7-9-21-41-37)25-29(3)38-14-8-10-22-42-38;1-4-5-6-7-8(2)3/h7-26H,2H2,1,3-6H3;4-7H,2H2,1,3H3/b29-25+,34-24+;5-4-,7-6-. The molecule has 0 radical (unpaired) electrons. The van der Waals surface area contributed by atoms with Crippen molar-refractivity contribution >= 4 is 16.7 Å². The van der Waals surface area contributed by atoms with E-state index < -0.39 is 0 Å². The van der Waals surface area contributed by atoms with Crippen LogP contribution in [0.3, 0.4) is 0 Å². The van der Waals surface area contributed by atoms with E-state index in [0.29, 0.717) is 0 Å². The topological polar surface area (TPSA) is 38.7 Å². The van der Waals surface area contributed by atoms with Crippen LogP contribution in [0.2, 0.25) is 0 Å². The van der Waals surface area contributed by atoms with Gasteiger partial charge in [-0.1, -0.05) is 118 Å². The summed E-state index contributed by atoms with van der Waals surface area (Å²) in [6, 6.07) is 31.6. The minimum Gasteiger partial charge on any atom is -0.261 e. The van der Waals surface area contributed by atoms with Crippen LogP contribution < -0.4 is 0 Å². The Morgan fingerprint density at radius 1 is 0.660 bits per heavy atom. The van der Waals surface area contributed by atoms with Gasteiger partial charge in [0.1, 0.15) is 0 Å². The van der Waals surface area contributed by atoms with E-state index in [2.05, 4.69) is 123 Å². The first-order valence-electron chi connectivity index (χ1n) is 17.0. The highest BCUT2D eigenvalue weighted by Gasteiger charge is 2.27. The smallest absolute Gasteiger partial charge is 0.0696 e. The lowest BCUT2D eigenvalue weighted by Crippen LogP contribution is -2.22. The summed E-state index contributed by atoms with van der Waals surface area (Å²) in [7, 11) is 0. The van der Waals surface area contributed by atoms with Crippen molar-refractivity contribution in [3.63, 3.8) is 0 Å². The quantitative estimate of drug-likeness (QED) is 0.141. The zero-order valence-electron chi connectivity index (χ0n) is 30.6. The number of hydrogen-bond donors (Lipinski definition) is 0. The van der Waals surface area contributed by atoms with Crippen molar-refractivity contribution in [2.24, 2.45) is 0 Å². The SMILES string of the molecule is C=C(/C=C(\C=C(/C)c1ccccn1)c1ccc(-c2ccc(C)c(C(C)(C)c3cccnc3C)c2)cc1)c1ccccn1.C=C(C)/C=C\C=C/C. The highest BCUT2D eigenvalue weighted by Crippen LogP contribution is 2.37. The molecule has 0 spiro atoms. The first-order valence-corrected chi connectivity index (χ1v) is 17.0. The number of benzene rings is 2. The molecule has 0 fully saturated rings. The second-order valence-corrected chi connectivity index (χ2v) is 13.0. The maximum Gasteiger partial charge on any atom is 0.0696 e. The number of hydrogen-bond acceptors (Lipinski definition) is 3. The lowest BCUT2D eigenvalue weighted by molar-refractivity contribution is 0.627. The molecule has 3 nitrogen and oxygen atoms in total. The van der Waals surface area contributed by atoms with Gasteiger partial charge in [-0.3, -0.25) is 15.0 Å². The molecule has 50 heavy (non-hydrogen) atoms. The van der Waals surface area contributed by atoms with Crippen LogP contribution in [0.1, 0.15) is 74.0 Å². The van der Waals surface area contributed by atoms with Gasteiger partial charge in [0, 0.05) is 29.7 Å².